The summed E-state index contributed by atoms with van der Waals surface area (Å²) in [6.45, 7) is 4.93. The number of likely N-dealkylation sites (tertiary alicyclic amines) is 1. The van der Waals surface area contributed by atoms with E-state index in [0.29, 0.717) is 24.8 Å². The van der Waals surface area contributed by atoms with Gasteiger partial charge in [0.2, 0.25) is 5.91 Å². The van der Waals surface area contributed by atoms with Crippen molar-refractivity contribution < 1.29 is 9.59 Å². The van der Waals surface area contributed by atoms with E-state index in [1.807, 2.05) is 40.6 Å². The molecule has 8 heteroatoms. The molecular weight excluding hydrogens is 398 g/mol. The second-order valence-electron chi connectivity index (χ2n) is 7.89. The summed E-state index contributed by atoms with van der Waals surface area (Å²) in [5.41, 5.74) is 1.91. The van der Waals surface area contributed by atoms with Crippen molar-refractivity contribution in [2.24, 2.45) is 0 Å². The Bertz CT molecular complexity index is 840. The molecule has 30 heavy (non-hydrogen) atoms. The monoisotopic (exact) mass is 427 g/mol. The maximum atomic E-state index is 12.6. The maximum absolute atomic E-state index is 12.6. The summed E-state index contributed by atoms with van der Waals surface area (Å²) in [6, 6.07) is 9.82. The second-order valence-corrected chi connectivity index (χ2v) is 8.75. The predicted octanol–water partition coefficient (Wildman–Crippen LogP) is 3.36. The van der Waals surface area contributed by atoms with Crippen LogP contribution < -0.4 is 5.32 Å². The van der Waals surface area contributed by atoms with Gasteiger partial charge in [-0.25, -0.2) is 9.78 Å². The SMILES string of the molecule is O=C(CN1CCN(C(=O)Nc2nc(-c3ccccc3)cs2)CC1)N1CCCCCC1. The molecule has 3 heterocycles. The van der Waals surface area contributed by atoms with Gasteiger partial charge in [0, 0.05) is 50.2 Å². The molecule has 7 nitrogen and oxygen atoms in total. The molecule has 1 N–H and O–H groups in total. The number of piperazine rings is 1. The number of rotatable bonds is 4. The van der Waals surface area contributed by atoms with E-state index in [1.165, 1.54) is 24.2 Å². The van der Waals surface area contributed by atoms with Gasteiger partial charge in [-0.15, -0.1) is 11.3 Å². The standard InChI is InChI=1S/C22H29N5O2S/c28-20(26-10-6-1-2-7-11-26)16-25-12-14-27(15-13-25)22(29)24-21-23-19(17-30-21)18-8-4-3-5-9-18/h3-5,8-9,17H,1-2,6-7,10-16H2,(H,23,24,29). The van der Waals surface area contributed by atoms with Crippen molar-refractivity contribution in [3.05, 3.63) is 35.7 Å². The van der Waals surface area contributed by atoms with E-state index in [0.717, 1.165) is 50.3 Å². The summed E-state index contributed by atoms with van der Waals surface area (Å²) in [4.78, 5) is 35.7. The molecule has 0 atom stereocenters. The average molecular weight is 428 g/mol. The van der Waals surface area contributed by atoms with Gasteiger partial charge in [0.25, 0.3) is 0 Å². The number of nitrogens with one attached hydrogen (secondary N) is 1. The van der Waals surface area contributed by atoms with Crippen LogP contribution in [0.2, 0.25) is 0 Å². The molecule has 3 amide bonds. The summed E-state index contributed by atoms with van der Waals surface area (Å²) >= 11 is 1.43. The van der Waals surface area contributed by atoms with Crippen molar-refractivity contribution >= 4 is 28.4 Å². The molecule has 160 valence electrons. The van der Waals surface area contributed by atoms with Gasteiger partial charge in [0.15, 0.2) is 5.13 Å². The topological polar surface area (TPSA) is 68.8 Å². The van der Waals surface area contributed by atoms with Crippen LogP contribution >= 0.6 is 11.3 Å². The second kappa shape index (κ2) is 10.0. The number of aromatic nitrogens is 1. The summed E-state index contributed by atoms with van der Waals surface area (Å²) in [5, 5.41) is 5.48. The summed E-state index contributed by atoms with van der Waals surface area (Å²) in [6.07, 6.45) is 4.68. The zero-order valence-electron chi connectivity index (χ0n) is 17.3. The molecule has 0 aliphatic carbocycles. The highest BCUT2D eigenvalue weighted by Gasteiger charge is 2.25. The lowest BCUT2D eigenvalue weighted by atomic mass is 10.2. The van der Waals surface area contributed by atoms with Crippen LogP contribution in [0.5, 0.6) is 0 Å². The van der Waals surface area contributed by atoms with Gasteiger partial charge >= 0.3 is 6.03 Å². The van der Waals surface area contributed by atoms with E-state index >= 15 is 0 Å². The molecule has 4 rings (SSSR count). The first-order valence-electron chi connectivity index (χ1n) is 10.8. The number of nitrogens with zero attached hydrogens (tertiary/aromatic N) is 4. The van der Waals surface area contributed by atoms with Crippen LogP contribution in [0.4, 0.5) is 9.93 Å². The molecule has 0 unspecified atom stereocenters. The quantitative estimate of drug-likeness (QED) is 0.812. The van der Waals surface area contributed by atoms with E-state index in [9.17, 15) is 9.59 Å². The van der Waals surface area contributed by atoms with E-state index in [-0.39, 0.29) is 11.9 Å². The fraction of sp³-hybridized carbons (Fsp3) is 0.500. The van der Waals surface area contributed by atoms with Crippen molar-refractivity contribution in [1.29, 1.82) is 0 Å². The molecule has 0 bridgehead atoms. The van der Waals surface area contributed by atoms with Crippen LogP contribution in [0.25, 0.3) is 11.3 Å². The Morgan fingerprint density at radius 3 is 2.30 bits per heavy atom. The van der Waals surface area contributed by atoms with Gasteiger partial charge in [0.05, 0.1) is 12.2 Å². The van der Waals surface area contributed by atoms with Gasteiger partial charge in [-0.2, -0.15) is 0 Å². The third-order valence-electron chi connectivity index (χ3n) is 5.76. The van der Waals surface area contributed by atoms with Gasteiger partial charge < -0.3 is 9.80 Å². The van der Waals surface area contributed by atoms with Crippen LogP contribution in [-0.2, 0) is 4.79 Å². The van der Waals surface area contributed by atoms with Crippen LogP contribution in [0.3, 0.4) is 0 Å². The van der Waals surface area contributed by atoms with Gasteiger partial charge in [-0.3, -0.25) is 15.0 Å². The van der Waals surface area contributed by atoms with Crippen LogP contribution in [0, 0.1) is 0 Å². The third kappa shape index (κ3) is 5.37. The molecule has 0 radical (unpaired) electrons. The molecule has 2 fully saturated rings. The molecular formula is C22H29N5O2S. The fourth-order valence-corrected chi connectivity index (χ4v) is 4.67. The first-order valence-corrected chi connectivity index (χ1v) is 11.6. The highest BCUT2D eigenvalue weighted by atomic mass is 32.1. The number of carbonyl (C=O) groups excluding carboxylic acids is 2. The Balaban J connectivity index is 1.23. The maximum Gasteiger partial charge on any atom is 0.323 e. The van der Waals surface area contributed by atoms with E-state index in [1.54, 1.807) is 4.90 Å². The van der Waals surface area contributed by atoms with Crippen molar-refractivity contribution in [2.75, 3.05) is 51.1 Å². The lowest BCUT2D eigenvalue weighted by Crippen LogP contribution is -2.52. The van der Waals surface area contributed by atoms with E-state index < -0.39 is 0 Å². The molecule has 2 saturated heterocycles. The van der Waals surface area contributed by atoms with Crippen molar-refractivity contribution in [3.63, 3.8) is 0 Å². The Labute approximate surface area is 181 Å². The minimum absolute atomic E-state index is 0.123. The number of carbonyl (C=O) groups is 2. The smallest absolute Gasteiger partial charge is 0.323 e. The average Bonchev–Trinajstić information content (AvgIpc) is 3.06. The van der Waals surface area contributed by atoms with Crippen LogP contribution in [0.1, 0.15) is 25.7 Å². The summed E-state index contributed by atoms with van der Waals surface area (Å²) in [7, 11) is 0. The highest BCUT2D eigenvalue weighted by Crippen LogP contribution is 2.24. The number of hydrogen-bond acceptors (Lipinski definition) is 5. The lowest BCUT2D eigenvalue weighted by molar-refractivity contribution is -0.132. The van der Waals surface area contributed by atoms with Gasteiger partial charge in [0.1, 0.15) is 0 Å². The minimum atomic E-state index is -0.123. The molecule has 1 aromatic heterocycles. The Morgan fingerprint density at radius 1 is 0.900 bits per heavy atom. The fourth-order valence-electron chi connectivity index (χ4n) is 3.96. The van der Waals surface area contributed by atoms with Gasteiger partial charge in [-0.1, -0.05) is 43.2 Å². The predicted molar refractivity (Wildman–Crippen MR) is 120 cm³/mol. The zero-order chi connectivity index (χ0) is 20.8. The molecule has 0 saturated carbocycles. The number of hydrogen-bond donors (Lipinski definition) is 1. The zero-order valence-corrected chi connectivity index (χ0v) is 18.1. The summed E-state index contributed by atoms with van der Waals surface area (Å²) in [5.74, 6) is 0.228. The van der Waals surface area contributed by atoms with E-state index in [2.05, 4.69) is 15.2 Å². The Hall–Kier alpha value is -2.45. The summed E-state index contributed by atoms with van der Waals surface area (Å²) < 4.78 is 0. The molecule has 2 aliphatic rings. The molecule has 2 aliphatic heterocycles. The number of anilines is 1. The highest BCUT2D eigenvalue weighted by molar-refractivity contribution is 7.14. The molecule has 0 spiro atoms. The largest absolute Gasteiger partial charge is 0.342 e. The minimum Gasteiger partial charge on any atom is -0.342 e. The van der Waals surface area contributed by atoms with Crippen molar-refractivity contribution in [2.45, 2.75) is 25.7 Å². The van der Waals surface area contributed by atoms with Crippen LogP contribution in [0.15, 0.2) is 35.7 Å². The van der Waals surface area contributed by atoms with Gasteiger partial charge in [-0.05, 0) is 12.8 Å². The first-order chi connectivity index (χ1) is 14.7. The number of amides is 3. The lowest BCUT2D eigenvalue weighted by Gasteiger charge is -2.35. The third-order valence-corrected chi connectivity index (χ3v) is 6.52. The Kier molecular flexibility index (Phi) is 6.96. The Morgan fingerprint density at radius 2 is 1.60 bits per heavy atom. The number of benzene rings is 1. The number of urea groups is 1. The number of thiazole rings is 1. The van der Waals surface area contributed by atoms with E-state index in [4.69, 9.17) is 0 Å². The normalized spacial score (nSPS) is 18.1. The van der Waals surface area contributed by atoms with Crippen molar-refractivity contribution in [1.82, 2.24) is 19.7 Å². The molecule has 2 aromatic rings. The molecule has 1 aromatic carbocycles. The van der Waals surface area contributed by atoms with Crippen LogP contribution in [-0.4, -0.2) is 77.4 Å². The first kappa shape index (κ1) is 20.8. The van der Waals surface area contributed by atoms with Crippen molar-refractivity contribution in [3.8, 4) is 11.3 Å².